The summed E-state index contributed by atoms with van der Waals surface area (Å²) in [5, 5.41) is 4.74. The largest absolute Gasteiger partial charge is 0.214 e. The van der Waals surface area contributed by atoms with Gasteiger partial charge in [-0.05, 0) is 37.1 Å². The third-order valence-corrected chi connectivity index (χ3v) is 2.03. The Bertz CT molecular complexity index is 410. The first kappa shape index (κ1) is 8.59. The van der Waals surface area contributed by atoms with E-state index in [0.717, 1.165) is 5.56 Å². The number of nitrogens with zero attached hydrogens (tertiary/aromatic N) is 3. The zero-order valence-electron chi connectivity index (χ0n) is 6.55. The Balaban J connectivity index is 2.41. The summed E-state index contributed by atoms with van der Waals surface area (Å²) in [6.45, 7) is 0. The maximum Gasteiger partial charge on any atom is 0.182 e. The number of rotatable bonds is 1. The van der Waals surface area contributed by atoms with Crippen molar-refractivity contribution in [2.75, 3.05) is 0 Å². The lowest BCUT2D eigenvalue weighted by Crippen LogP contribution is -1.82. The molecule has 0 N–H and O–H groups in total. The highest BCUT2D eigenvalue weighted by Gasteiger charge is 2.01. The Hall–Kier alpha value is -1.00. The summed E-state index contributed by atoms with van der Waals surface area (Å²) >= 11 is 9.74. The highest BCUT2D eigenvalue weighted by atomic mass is 35.5. The SMILES string of the molecule is Sn1cnc(-c2ccc(Cl)cc2)n1. The van der Waals surface area contributed by atoms with Crippen molar-refractivity contribution < 1.29 is 0 Å². The van der Waals surface area contributed by atoms with E-state index in [9.17, 15) is 0 Å². The zero-order chi connectivity index (χ0) is 9.26. The Morgan fingerprint density at radius 2 is 1.92 bits per heavy atom. The van der Waals surface area contributed by atoms with Crippen LogP contribution in [0.1, 0.15) is 0 Å². The highest BCUT2D eigenvalue weighted by molar-refractivity contribution is 7.78. The lowest BCUT2D eigenvalue weighted by Gasteiger charge is -1.93. The van der Waals surface area contributed by atoms with Gasteiger partial charge in [-0.25, -0.2) is 4.98 Å². The number of hydrogen-bond donors (Lipinski definition) is 1. The van der Waals surface area contributed by atoms with Crippen molar-refractivity contribution in [1.82, 2.24) is 14.2 Å². The van der Waals surface area contributed by atoms with Crippen molar-refractivity contribution in [3.63, 3.8) is 0 Å². The predicted octanol–water partition coefficient (Wildman–Crippen LogP) is 2.29. The Kier molecular flexibility index (Phi) is 2.24. The normalized spacial score (nSPS) is 10.3. The molecule has 0 aliphatic heterocycles. The molecule has 1 aromatic carbocycles. The second-order valence-corrected chi connectivity index (χ2v) is 3.34. The number of benzene rings is 1. The smallest absolute Gasteiger partial charge is 0.182 e. The summed E-state index contributed by atoms with van der Waals surface area (Å²) in [4.78, 5) is 4.05. The summed E-state index contributed by atoms with van der Waals surface area (Å²) in [5.41, 5.74) is 0.928. The first-order valence-electron chi connectivity index (χ1n) is 3.62. The van der Waals surface area contributed by atoms with E-state index < -0.39 is 0 Å². The van der Waals surface area contributed by atoms with E-state index in [1.54, 1.807) is 12.1 Å². The van der Waals surface area contributed by atoms with Crippen molar-refractivity contribution in [1.29, 1.82) is 0 Å². The van der Waals surface area contributed by atoms with Gasteiger partial charge in [0.15, 0.2) is 5.82 Å². The summed E-state index contributed by atoms with van der Waals surface area (Å²) in [7, 11) is 0. The molecule has 0 aliphatic carbocycles. The molecule has 0 spiro atoms. The molecule has 0 atom stereocenters. The maximum atomic E-state index is 5.74. The van der Waals surface area contributed by atoms with Crippen LogP contribution in [-0.2, 0) is 0 Å². The van der Waals surface area contributed by atoms with Crippen LogP contribution in [0.2, 0.25) is 5.02 Å². The zero-order valence-corrected chi connectivity index (χ0v) is 8.20. The van der Waals surface area contributed by atoms with Crippen LogP contribution in [0.15, 0.2) is 30.6 Å². The van der Waals surface area contributed by atoms with E-state index >= 15 is 0 Å². The molecule has 0 aliphatic rings. The van der Waals surface area contributed by atoms with E-state index in [2.05, 4.69) is 22.9 Å². The van der Waals surface area contributed by atoms with Gasteiger partial charge in [-0.15, -0.1) is 5.10 Å². The maximum absolute atomic E-state index is 5.74. The van der Waals surface area contributed by atoms with E-state index in [1.807, 2.05) is 12.1 Å². The first-order chi connectivity index (χ1) is 6.25. The molecule has 0 saturated heterocycles. The predicted molar refractivity (Wildman–Crippen MR) is 54.9 cm³/mol. The molecule has 0 fully saturated rings. The van der Waals surface area contributed by atoms with Crippen LogP contribution in [0, 0.1) is 0 Å². The third kappa shape index (κ3) is 1.84. The summed E-state index contributed by atoms with van der Waals surface area (Å²) in [6.07, 6.45) is 1.53. The van der Waals surface area contributed by atoms with Crippen LogP contribution in [0.25, 0.3) is 11.4 Å². The molecule has 0 radical (unpaired) electrons. The minimum Gasteiger partial charge on any atom is -0.214 e. The molecular weight excluding hydrogens is 206 g/mol. The van der Waals surface area contributed by atoms with E-state index in [0.29, 0.717) is 10.8 Å². The van der Waals surface area contributed by atoms with E-state index in [1.165, 1.54) is 10.4 Å². The molecular formula is C8H6ClN3S. The Morgan fingerprint density at radius 1 is 1.23 bits per heavy atom. The molecule has 2 aromatic rings. The van der Waals surface area contributed by atoms with Gasteiger partial charge in [0, 0.05) is 10.6 Å². The molecule has 0 saturated carbocycles. The van der Waals surface area contributed by atoms with Gasteiger partial charge in [-0.2, -0.15) is 4.09 Å². The number of thiol groups is 1. The molecule has 1 aromatic heterocycles. The van der Waals surface area contributed by atoms with Gasteiger partial charge in [0.2, 0.25) is 0 Å². The van der Waals surface area contributed by atoms with Crippen molar-refractivity contribution in [3.8, 4) is 11.4 Å². The first-order valence-corrected chi connectivity index (χ1v) is 4.40. The minimum absolute atomic E-state index is 0.645. The lowest BCUT2D eigenvalue weighted by atomic mass is 10.2. The van der Waals surface area contributed by atoms with Gasteiger partial charge in [0.25, 0.3) is 0 Å². The van der Waals surface area contributed by atoms with Crippen molar-refractivity contribution in [2.45, 2.75) is 0 Å². The molecule has 0 bridgehead atoms. The van der Waals surface area contributed by atoms with Crippen LogP contribution in [0.3, 0.4) is 0 Å². The molecule has 2 rings (SSSR count). The second kappa shape index (κ2) is 3.40. The van der Waals surface area contributed by atoms with Gasteiger partial charge in [-0.1, -0.05) is 11.6 Å². The van der Waals surface area contributed by atoms with Gasteiger partial charge < -0.3 is 0 Å². The Labute approximate surface area is 85.9 Å². The third-order valence-electron chi connectivity index (χ3n) is 1.58. The van der Waals surface area contributed by atoms with Crippen molar-refractivity contribution in [2.24, 2.45) is 0 Å². The number of halogens is 1. The number of hydrogen-bond acceptors (Lipinski definition) is 3. The molecule has 66 valence electrons. The van der Waals surface area contributed by atoms with Crippen molar-refractivity contribution >= 4 is 24.4 Å². The standard InChI is InChI=1S/C8H6ClN3S/c9-7-3-1-6(2-4-7)8-10-5-12(13)11-8/h1-5,13H. The monoisotopic (exact) mass is 211 g/mol. The quantitative estimate of drug-likeness (QED) is 0.734. The highest BCUT2D eigenvalue weighted by Crippen LogP contribution is 2.17. The van der Waals surface area contributed by atoms with Crippen LogP contribution in [0.5, 0.6) is 0 Å². The van der Waals surface area contributed by atoms with Crippen LogP contribution >= 0.6 is 24.4 Å². The topological polar surface area (TPSA) is 30.7 Å². The Morgan fingerprint density at radius 3 is 2.46 bits per heavy atom. The van der Waals surface area contributed by atoms with Crippen LogP contribution < -0.4 is 0 Å². The van der Waals surface area contributed by atoms with Gasteiger partial charge in [-0.3, -0.25) is 0 Å². The van der Waals surface area contributed by atoms with Gasteiger partial charge >= 0.3 is 0 Å². The lowest BCUT2D eigenvalue weighted by molar-refractivity contribution is 1.02. The molecule has 3 nitrogen and oxygen atoms in total. The van der Waals surface area contributed by atoms with Crippen LogP contribution in [0.4, 0.5) is 0 Å². The molecule has 13 heavy (non-hydrogen) atoms. The summed E-state index contributed by atoms with van der Waals surface area (Å²) < 4.78 is 1.37. The van der Waals surface area contributed by atoms with Gasteiger partial charge in [0.05, 0.1) is 0 Å². The number of aromatic nitrogens is 3. The second-order valence-electron chi connectivity index (χ2n) is 2.50. The summed E-state index contributed by atoms with van der Waals surface area (Å²) in [5.74, 6) is 0.645. The molecule has 0 unspecified atom stereocenters. The van der Waals surface area contributed by atoms with E-state index in [-0.39, 0.29) is 0 Å². The average molecular weight is 212 g/mol. The van der Waals surface area contributed by atoms with Crippen LogP contribution in [-0.4, -0.2) is 14.2 Å². The molecule has 0 amide bonds. The fourth-order valence-electron chi connectivity index (χ4n) is 0.986. The average Bonchev–Trinajstić information content (AvgIpc) is 2.53. The summed E-state index contributed by atoms with van der Waals surface area (Å²) in [6, 6.07) is 7.34. The molecule has 1 heterocycles. The fourth-order valence-corrected chi connectivity index (χ4v) is 1.25. The minimum atomic E-state index is 0.645. The molecule has 5 heteroatoms. The van der Waals surface area contributed by atoms with Crippen molar-refractivity contribution in [3.05, 3.63) is 35.6 Å². The fraction of sp³-hybridized carbons (Fsp3) is 0. The van der Waals surface area contributed by atoms with E-state index in [4.69, 9.17) is 11.6 Å². The van der Waals surface area contributed by atoms with Gasteiger partial charge in [0.1, 0.15) is 6.33 Å².